The van der Waals surface area contributed by atoms with Crippen molar-refractivity contribution in [1.29, 1.82) is 0 Å². The van der Waals surface area contributed by atoms with Crippen LogP contribution >= 0.6 is 27.5 Å². The lowest BCUT2D eigenvalue weighted by Crippen LogP contribution is -2.20. The zero-order valence-corrected chi connectivity index (χ0v) is 24.7. The molecule has 11 nitrogen and oxygen atoms in total. The zero-order valence-electron chi connectivity index (χ0n) is 22.3. The molecule has 0 aliphatic carbocycles. The van der Waals surface area contributed by atoms with Crippen LogP contribution in [0.4, 0.5) is 5.69 Å². The van der Waals surface area contributed by atoms with E-state index < -0.39 is 22.1 Å². The number of nitro groups is 1. The number of aromatic carboxylic acids is 1. The number of furan rings is 1. The fraction of sp³-hybridized carbons (Fsp3) is 0.0323. The van der Waals surface area contributed by atoms with Crippen LogP contribution in [-0.2, 0) is 6.61 Å². The van der Waals surface area contributed by atoms with Crippen LogP contribution < -0.4 is 10.3 Å². The number of rotatable bonds is 8. The molecule has 1 N–H and O–H groups in total. The second-order valence-electron chi connectivity index (χ2n) is 9.50. The molecule has 0 unspecified atom stereocenters. The first-order chi connectivity index (χ1) is 21.2. The standard InChI is InChI=1S/C31H18BrClN4O7/c32-21-8-9-26-19(11-21)13-27(44-26)29-35-24-7-2-1-6-23(24)30(38)36(29)34-15-20-12-22(33)14-25(37(41)42)28(20)43-16-17-4-3-5-18(10-17)31(39)40/h1-15H,16H2,(H,39,40). The minimum Gasteiger partial charge on any atom is -0.481 e. The number of carboxylic acid groups (broad SMARTS) is 1. The molecule has 0 bridgehead atoms. The average molecular weight is 674 g/mol. The summed E-state index contributed by atoms with van der Waals surface area (Å²) in [5.41, 5.74) is 0.630. The summed E-state index contributed by atoms with van der Waals surface area (Å²) < 4.78 is 13.7. The van der Waals surface area contributed by atoms with Gasteiger partial charge in [-0.3, -0.25) is 14.9 Å². The highest BCUT2D eigenvalue weighted by Crippen LogP contribution is 2.35. The van der Waals surface area contributed by atoms with Crippen LogP contribution in [0.1, 0.15) is 21.5 Å². The topological polar surface area (TPSA) is 150 Å². The van der Waals surface area contributed by atoms with Crippen LogP contribution in [0.2, 0.25) is 5.02 Å². The van der Waals surface area contributed by atoms with Gasteiger partial charge in [-0.15, -0.1) is 0 Å². The van der Waals surface area contributed by atoms with Crippen molar-refractivity contribution in [2.75, 3.05) is 0 Å². The SMILES string of the molecule is O=C(O)c1cccc(COc2c(C=Nn3c(-c4cc5cc(Br)ccc5o4)nc4ccccc4c3=O)cc(Cl)cc2[N+](=O)[O-])c1. The number of ether oxygens (including phenoxy) is 1. The van der Waals surface area contributed by atoms with Crippen LogP contribution in [0.25, 0.3) is 33.5 Å². The van der Waals surface area contributed by atoms with Crippen molar-refractivity contribution < 1.29 is 24.0 Å². The summed E-state index contributed by atoms with van der Waals surface area (Å²) >= 11 is 9.67. The third kappa shape index (κ3) is 5.68. The Labute approximate surface area is 260 Å². The molecule has 0 spiro atoms. The molecule has 218 valence electrons. The third-order valence-corrected chi connectivity index (χ3v) is 7.29. The normalized spacial score (nSPS) is 11.4. The molecule has 6 aromatic rings. The lowest BCUT2D eigenvalue weighted by molar-refractivity contribution is -0.385. The molecule has 0 fully saturated rings. The third-order valence-electron chi connectivity index (χ3n) is 6.58. The molecule has 0 radical (unpaired) electrons. The molecule has 0 amide bonds. The van der Waals surface area contributed by atoms with E-state index in [1.165, 1.54) is 30.5 Å². The molecule has 0 atom stereocenters. The number of hydrogen-bond donors (Lipinski definition) is 1. The van der Waals surface area contributed by atoms with Gasteiger partial charge in [0.05, 0.1) is 27.6 Å². The number of aromatic nitrogens is 2. The van der Waals surface area contributed by atoms with E-state index in [9.17, 15) is 24.8 Å². The van der Waals surface area contributed by atoms with Crippen molar-refractivity contribution in [1.82, 2.24) is 9.66 Å². The van der Waals surface area contributed by atoms with Gasteiger partial charge in [-0.2, -0.15) is 9.78 Å². The molecular formula is C31H18BrClN4O7. The smallest absolute Gasteiger partial charge is 0.335 e. The summed E-state index contributed by atoms with van der Waals surface area (Å²) in [5, 5.41) is 26.8. The van der Waals surface area contributed by atoms with E-state index in [4.69, 9.17) is 20.8 Å². The van der Waals surface area contributed by atoms with Gasteiger partial charge in [0, 0.05) is 26.5 Å². The predicted octanol–water partition coefficient (Wildman–Crippen LogP) is 7.29. The zero-order chi connectivity index (χ0) is 31.0. The van der Waals surface area contributed by atoms with E-state index in [-0.39, 0.29) is 40.1 Å². The first-order valence-corrected chi connectivity index (χ1v) is 14.0. The maximum atomic E-state index is 13.7. The molecule has 0 saturated carbocycles. The molecule has 44 heavy (non-hydrogen) atoms. The molecule has 2 heterocycles. The summed E-state index contributed by atoms with van der Waals surface area (Å²) in [6, 6.07) is 22.4. The van der Waals surface area contributed by atoms with Crippen molar-refractivity contribution in [3.8, 4) is 17.3 Å². The molecule has 2 aromatic heterocycles. The number of benzene rings is 4. The number of nitro benzene ring substituents is 1. The maximum Gasteiger partial charge on any atom is 0.335 e. The van der Waals surface area contributed by atoms with E-state index in [1.54, 1.807) is 42.5 Å². The van der Waals surface area contributed by atoms with Gasteiger partial charge in [0.2, 0.25) is 11.6 Å². The monoisotopic (exact) mass is 672 g/mol. The number of nitrogens with zero attached hydrogens (tertiary/aromatic N) is 4. The summed E-state index contributed by atoms with van der Waals surface area (Å²) in [6.07, 6.45) is 1.21. The molecule has 4 aromatic carbocycles. The van der Waals surface area contributed by atoms with Gasteiger partial charge in [-0.1, -0.05) is 51.8 Å². The minimum absolute atomic E-state index is 0.0328. The highest BCUT2D eigenvalue weighted by atomic mass is 79.9. The number of carboxylic acids is 1. The van der Waals surface area contributed by atoms with Crippen LogP contribution in [-0.4, -0.2) is 31.9 Å². The minimum atomic E-state index is -1.13. The highest BCUT2D eigenvalue weighted by Gasteiger charge is 2.22. The molecular weight excluding hydrogens is 656 g/mol. The summed E-state index contributed by atoms with van der Waals surface area (Å²) in [6.45, 7) is -0.193. The molecule has 0 aliphatic heterocycles. The Kier molecular flexibility index (Phi) is 7.68. The van der Waals surface area contributed by atoms with Crippen molar-refractivity contribution in [3.05, 3.63) is 132 Å². The van der Waals surface area contributed by atoms with Gasteiger partial charge in [0.15, 0.2) is 5.76 Å². The Morgan fingerprint density at radius 2 is 1.93 bits per heavy atom. The van der Waals surface area contributed by atoms with Gasteiger partial charge in [-0.05, 0) is 60.2 Å². The van der Waals surface area contributed by atoms with Crippen LogP contribution in [0.15, 0.2) is 104 Å². The first kappa shape index (κ1) is 28.8. The van der Waals surface area contributed by atoms with E-state index in [0.717, 1.165) is 20.6 Å². The fourth-order valence-corrected chi connectivity index (χ4v) is 5.17. The summed E-state index contributed by atoms with van der Waals surface area (Å²) in [7, 11) is 0. The quantitative estimate of drug-likeness (QED) is 0.101. The van der Waals surface area contributed by atoms with E-state index in [0.29, 0.717) is 22.0 Å². The van der Waals surface area contributed by atoms with E-state index >= 15 is 0 Å². The second kappa shape index (κ2) is 11.7. The fourth-order valence-electron chi connectivity index (χ4n) is 4.57. The largest absolute Gasteiger partial charge is 0.481 e. The highest BCUT2D eigenvalue weighted by molar-refractivity contribution is 9.10. The van der Waals surface area contributed by atoms with E-state index in [2.05, 4.69) is 26.0 Å². The summed E-state index contributed by atoms with van der Waals surface area (Å²) in [5.74, 6) is -0.938. The second-order valence-corrected chi connectivity index (χ2v) is 10.9. The lowest BCUT2D eigenvalue weighted by Gasteiger charge is -2.11. The van der Waals surface area contributed by atoms with E-state index in [1.807, 2.05) is 12.1 Å². The van der Waals surface area contributed by atoms with Crippen LogP contribution in [0.3, 0.4) is 0 Å². The average Bonchev–Trinajstić information content (AvgIpc) is 3.43. The maximum absolute atomic E-state index is 13.7. The van der Waals surface area contributed by atoms with Crippen LogP contribution in [0, 0.1) is 10.1 Å². The van der Waals surface area contributed by atoms with Crippen molar-refractivity contribution in [2.45, 2.75) is 6.61 Å². The number of fused-ring (bicyclic) bond motifs is 2. The molecule has 13 heteroatoms. The molecule has 6 rings (SSSR count). The van der Waals surface area contributed by atoms with Gasteiger partial charge in [0.1, 0.15) is 12.2 Å². The number of hydrogen-bond acceptors (Lipinski definition) is 8. The van der Waals surface area contributed by atoms with Crippen molar-refractivity contribution >= 4 is 67.3 Å². The number of para-hydroxylation sites is 1. The van der Waals surface area contributed by atoms with Gasteiger partial charge in [-0.25, -0.2) is 9.78 Å². The Balaban J connectivity index is 1.48. The van der Waals surface area contributed by atoms with Gasteiger partial charge in [0.25, 0.3) is 5.56 Å². The summed E-state index contributed by atoms with van der Waals surface area (Å²) in [4.78, 5) is 41.0. The number of halogens is 2. The van der Waals surface area contributed by atoms with Crippen molar-refractivity contribution in [3.63, 3.8) is 0 Å². The Hall–Kier alpha value is -5.33. The van der Waals surface area contributed by atoms with Crippen LogP contribution in [0.5, 0.6) is 5.75 Å². The first-order valence-electron chi connectivity index (χ1n) is 12.9. The Morgan fingerprint density at radius 1 is 1.11 bits per heavy atom. The Morgan fingerprint density at radius 3 is 2.73 bits per heavy atom. The predicted molar refractivity (Wildman–Crippen MR) is 168 cm³/mol. The Bertz CT molecular complexity index is 2210. The lowest BCUT2D eigenvalue weighted by atomic mass is 10.1. The van der Waals surface area contributed by atoms with Gasteiger partial charge >= 0.3 is 11.7 Å². The molecule has 0 aliphatic rings. The molecule has 0 saturated heterocycles. The number of carbonyl (C=O) groups is 1. The van der Waals surface area contributed by atoms with Crippen molar-refractivity contribution in [2.24, 2.45) is 5.10 Å². The van der Waals surface area contributed by atoms with Gasteiger partial charge < -0.3 is 14.3 Å².